The summed E-state index contributed by atoms with van der Waals surface area (Å²) in [6.07, 6.45) is 14.1. The maximum atomic E-state index is 8.72. The maximum Gasteiger partial charge on any atom is 0.0555 e. The van der Waals surface area contributed by atoms with E-state index in [0.29, 0.717) is 6.54 Å². The Balaban J connectivity index is 0. The number of unbranched alkanes of at least 4 members (excludes halogenated alkanes) is 9. The first-order valence-electron chi connectivity index (χ1n) is 11.4. The summed E-state index contributed by atoms with van der Waals surface area (Å²) in [5, 5.41) is 11.9. The minimum atomic E-state index is 0.227. The Kier molecular flexibility index (Phi) is 26.8. The molecule has 26 heavy (non-hydrogen) atoms. The van der Waals surface area contributed by atoms with Crippen LogP contribution in [0.25, 0.3) is 0 Å². The summed E-state index contributed by atoms with van der Waals surface area (Å²) in [7, 11) is 4.42. The van der Waals surface area contributed by atoms with Crippen molar-refractivity contribution < 1.29 is 5.11 Å². The third-order valence-corrected chi connectivity index (χ3v) is 4.72. The van der Waals surface area contributed by atoms with E-state index in [1.54, 1.807) is 0 Å². The third-order valence-electron chi connectivity index (χ3n) is 4.72. The normalized spacial score (nSPS) is 11.1. The zero-order valence-corrected chi connectivity index (χ0v) is 18.9. The van der Waals surface area contributed by atoms with Crippen molar-refractivity contribution in [1.82, 2.24) is 15.1 Å². The summed E-state index contributed by atoms with van der Waals surface area (Å²) in [5.41, 5.74) is 0. The van der Waals surface area contributed by atoms with Crippen LogP contribution in [-0.2, 0) is 0 Å². The van der Waals surface area contributed by atoms with Crippen molar-refractivity contribution in [3.63, 3.8) is 0 Å². The lowest BCUT2D eigenvalue weighted by atomic mass is 10.1. The summed E-state index contributed by atoms with van der Waals surface area (Å²) in [6, 6.07) is 0. The first-order valence-corrected chi connectivity index (χ1v) is 11.4. The predicted octanol–water partition coefficient (Wildman–Crippen LogP) is 4.38. The number of aliphatic hydroxyl groups excluding tert-OH is 1. The van der Waals surface area contributed by atoms with Crippen molar-refractivity contribution in [3.8, 4) is 0 Å². The molecule has 0 unspecified atom stereocenters. The molecule has 0 aliphatic carbocycles. The number of aliphatic hydroxyl groups is 1. The molecule has 0 aromatic heterocycles. The summed E-state index contributed by atoms with van der Waals surface area (Å²) in [6.45, 7) is 12.7. The van der Waals surface area contributed by atoms with E-state index in [4.69, 9.17) is 5.11 Å². The van der Waals surface area contributed by atoms with Crippen LogP contribution >= 0.6 is 0 Å². The van der Waals surface area contributed by atoms with Gasteiger partial charge in [0.05, 0.1) is 6.61 Å². The van der Waals surface area contributed by atoms with Crippen LogP contribution in [-0.4, -0.2) is 74.9 Å². The molecule has 0 aliphatic rings. The second-order valence-electron chi connectivity index (χ2n) is 7.26. The SMILES string of the molecule is CC.CCCCCCCCCCCCN(C)CCN(C)CCNCCO. The van der Waals surface area contributed by atoms with E-state index in [2.05, 4.69) is 36.1 Å². The van der Waals surface area contributed by atoms with Crippen LogP contribution in [0.5, 0.6) is 0 Å². The highest BCUT2D eigenvalue weighted by Gasteiger charge is 2.02. The fourth-order valence-corrected chi connectivity index (χ4v) is 2.91. The van der Waals surface area contributed by atoms with E-state index in [0.717, 1.165) is 26.2 Å². The Morgan fingerprint density at radius 2 is 1.08 bits per heavy atom. The summed E-state index contributed by atoms with van der Waals surface area (Å²) in [5.74, 6) is 0. The Bertz CT molecular complexity index is 239. The molecular formula is C22H51N3O. The van der Waals surface area contributed by atoms with Gasteiger partial charge in [-0.3, -0.25) is 0 Å². The number of likely N-dealkylation sites (N-methyl/N-ethyl adjacent to an activating group) is 2. The molecule has 0 spiro atoms. The van der Waals surface area contributed by atoms with Crippen LogP contribution in [0.1, 0.15) is 85.0 Å². The van der Waals surface area contributed by atoms with E-state index < -0.39 is 0 Å². The molecule has 0 radical (unpaired) electrons. The van der Waals surface area contributed by atoms with E-state index in [1.165, 1.54) is 70.8 Å². The molecule has 0 amide bonds. The fraction of sp³-hybridized carbons (Fsp3) is 1.00. The highest BCUT2D eigenvalue weighted by molar-refractivity contribution is 4.59. The smallest absolute Gasteiger partial charge is 0.0555 e. The lowest BCUT2D eigenvalue weighted by Gasteiger charge is -2.22. The molecule has 0 aromatic carbocycles. The molecule has 160 valence electrons. The van der Waals surface area contributed by atoms with Gasteiger partial charge in [0.1, 0.15) is 0 Å². The topological polar surface area (TPSA) is 38.7 Å². The van der Waals surface area contributed by atoms with Gasteiger partial charge in [0.25, 0.3) is 0 Å². The molecule has 0 aromatic rings. The molecule has 4 heteroatoms. The minimum absolute atomic E-state index is 0.227. The molecule has 0 atom stereocenters. The Morgan fingerprint density at radius 1 is 0.615 bits per heavy atom. The standard InChI is InChI=1S/C20H45N3O.C2H6/c1-4-5-6-7-8-9-10-11-12-13-16-22(2)18-19-23(3)17-14-21-15-20-24;1-2/h21,24H,4-20H2,1-3H3;1-2H3. The van der Waals surface area contributed by atoms with Gasteiger partial charge in [-0.15, -0.1) is 0 Å². The first-order chi connectivity index (χ1) is 12.7. The van der Waals surface area contributed by atoms with Crippen LogP contribution in [0, 0.1) is 0 Å². The number of hydrogen-bond acceptors (Lipinski definition) is 4. The van der Waals surface area contributed by atoms with Gasteiger partial charge >= 0.3 is 0 Å². The van der Waals surface area contributed by atoms with Crippen molar-refractivity contribution in [3.05, 3.63) is 0 Å². The van der Waals surface area contributed by atoms with E-state index in [9.17, 15) is 0 Å². The van der Waals surface area contributed by atoms with Gasteiger partial charge in [-0.25, -0.2) is 0 Å². The van der Waals surface area contributed by atoms with Crippen molar-refractivity contribution in [2.75, 3.05) is 60.0 Å². The van der Waals surface area contributed by atoms with Crippen LogP contribution in [0.3, 0.4) is 0 Å². The van der Waals surface area contributed by atoms with Gasteiger partial charge in [0.2, 0.25) is 0 Å². The van der Waals surface area contributed by atoms with Gasteiger partial charge in [-0.05, 0) is 27.1 Å². The van der Waals surface area contributed by atoms with Crippen molar-refractivity contribution >= 4 is 0 Å². The van der Waals surface area contributed by atoms with Crippen LogP contribution < -0.4 is 5.32 Å². The zero-order chi connectivity index (χ0) is 19.9. The largest absolute Gasteiger partial charge is 0.395 e. The number of nitrogens with one attached hydrogen (secondary N) is 1. The second-order valence-corrected chi connectivity index (χ2v) is 7.26. The van der Waals surface area contributed by atoms with Gasteiger partial charge < -0.3 is 20.2 Å². The first kappa shape index (κ1) is 28.1. The van der Waals surface area contributed by atoms with Crippen LogP contribution in [0.2, 0.25) is 0 Å². The van der Waals surface area contributed by atoms with Crippen LogP contribution in [0.15, 0.2) is 0 Å². The second kappa shape index (κ2) is 24.8. The zero-order valence-electron chi connectivity index (χ0n) is 18.9. The summed E-state index contributed by atoms with van der Waals surface area (Å²) < 4.78 is 0. The monoisotopic (exact) mass is 373 g/mol. The number of nitrogens with zero attached hydrogens (tertiary/aromatic N) is 2. The average molecular weight is 374 g/mol. The number of hydrogen-bond donors (Lipinski definition) is 2. The predicted molar refractivity (Wildman–Crippen MR) is 118 cm³/mol. The molecular weight excluding hydrogens is 322 g/mol. The Hall–Kier alpha value is -0.160. The lowest BCUT2D eigenvalue weighted by Crippen LogP contribution is -2.35. The van der Waals surface area contributed by atoms with Gasteiger partial charge in [0, 0.05) is 32.7 Å². The Labute approximate surface area is 165 Å². The highest BCUT2D eigenvalue weighted by atomic mass is 16.3. The summed E-state index contributed by atoms with van der Waals surface area (Å²) >= 11 is 0. The summed E-state index contributed by atoms with van der Waals surface area (Å²) in [4.78, 5) is 4.82. The third kappa shape index (κ3) is 23.8. The molecule has 0 saturated carbocycles. The van der Waals surface area contributed by atoms with E-state index in [1.807, 2.05) is 13.8 Å². The molecule has 0 rings (SSSR count). The molecule has 0 aliphatic heterocycles. The molecule has 2 N–H and O–H groups in total. The number of rotatable bonds is 19. The minimum Gasteiger partial charge on any atom is -0.395 e. The molecule has 0 bridgehead atoms. The van der Waals surface area contributed by atoms with Crippen LogP contribution in [0.4, 0.5) is 0 Å². The van der Waals surface area contributed by atoms with Crippen molar-refractivity contribution in [2.45, 2.75) is 85.0 Å². The van der Waals surface area contributed by atoms with Crippen molar-refractivity contribution in [1.29, 1.82) is 0 Å². The van der Waals surface area contributed by atoms with Gasteiger partial charge in [0.15, 0.2) is 0 Å². The quantitative estimate of drug-likeness (QED) is 0.330. The maximum absolute atomic E-state index is 8.72. The van der Waals surface area contributed by atoms with E-state index >= 15 is 0 Å². The van der Waals surface area contributed by atoms with Gasteiger partial charge in [-0.1, -0.05) is 78.6 Å². The molecule has 0 heterocycles. The highest BCUT2D eigenvalue weighted by Crippen LogP contribution is 2.10. The molecule has 4 nitrogen and oxygen atoms in total. The molecule has 0 saturated heterocycles. The average Bonchev–Trinajstić information content (AvgIpc) is 2.66. The van der Waals surface area contributed by atoms with Gasteiger partial charge in [-0.2, -0.15) is 0 Å². The van der Waals surface area contributed by atoms with Crippen molar-refractivity contribution in [2.24, 2.45) is 0 Å². The fourth-order valence-electron chi connectivity index (χ4n) is 2.91. The Morgan fingerprint density at radius 3 is 1.58 bits per heavy atom. The molecule has 0 fully saturated rings. The van der Waals surface area contributed by atoms with E-state index in [-0.39, 0.29) is 6.61 Å². The lowest BCUT2D eigenvalue weighted by molar-refractivity contribution is 0.248.